The molecule has 0 spiro atoms. The Balaban J connectivity index is 2.25. The molecule has 1 amide bonds. The highest BCUT2D eigenvalue weighted by molar-refractivity contribution is 7.86. The van der Waals surface area contributed by atoms with Crippen LogP contribution in [0.3, 0.4) is 0 Å². The van der Waals surface area contributed by atoms with Crippen molar-refractivity contribution in [2.45, 2.75) is 44.1 Å². The second-order valence-electron chi connectivity index (χ2n) is 5.39. The van der Waals surface area contributed by atoms with Crippen LogP contribution in [0, 0.1) is 12.3 Å². The fourth-order valence-electron chi connectivity index (χ4n) is 2.42. The molecule has 22 heavy (non-hydrogen) atoms. The third-order valence-corrected chi connectivity index (χ3v) is 4.81. The quantitative estimate of drug-likeness (QED) is 0.615. The maximum Gasteiger partial charge on any atom is 0.297 e. The van der Waals surface area contributed by atoms with Gasteiger partial charge in [0, 0.05) is 25.1 Å². The zero-order chi connectivity index (χ0) is 16.3. The van der Waals surface area contributed by atoms with Gasteiger partial charge in [0.1, 0.15) is 0 Å². The first-order chi connectivity index (χ1) is 10.3. The van der Waals surface area contributed by atoms with Gasteiger partial charge in [0.25, 0.3) is 10.1 Å². The van der Waals surface area contributed by atoms with E-state index < -0.39 is 16.2 Å². The van der Waals surface area contributed by atoms with E-state index in [1.165, 1.54) is 6.07 Å². The predicted molar refractivity (Wildman–Crippen MR) is 84.0 cm³/mol. The van der Waals surface area contributed by atoms with E-state index in [9.17, 15) is 13.2 Å². The zero-order valence-electron chi connectivity index (χ0n) is 12.7. The lowest BCUT2D eigenvalue weighted by atomic mass is 10.2. The molecule has 0 radical (unpaired) electrons. The zero-order valence-corrected chi connectivity index (χ0v) is 13.5. The van der Waals surface area contributed by atoms with Crippen molar-refractivity contribution in [1.82, 2.24) is 0 Å². The number of hydrogen-bond donors (Lipinski definition) is 0. The Morgan fingerprint density at radius 2 is 2.18 bits per heavy atom. The van der Waals surface area contributed by atoms with E-state index in [1.807, 2.05) is 0 Å². The van der Waals surface area contributed by atoms with E-state index in [-0.39, 0.29) is 10.8 Å². The van der Waals surface area contributed by atoms with Gasteiger partial charge in [-0.25, -0.2) is 0 Å². The highest BCUT2D eigenvalue weighted by atomic mass is 32.2. The van der Waals surface area contributed by atoms with Crippen LogP contribution < -0.4 is 4.90 Å². The molecular weight excluding hydrogens is 302 g/mol. The van der Waals surface area contributed by atoms with E-state index in [4.69, 9.17) is 10.6 Å². The highest BCUT2D eigenvalue weighted by Crippen LogP contribution is 2.31. The first-order valence-electron chi connectivity index (χ1n) is 7.15. The Hall–Kier alpha value is -1.84. The summed E-state index contributed by atoms with van der Waals surface area (Å²) in [6.45, 7) is 3.88. The highest BCUT2D eigenvalue weighted by Gasteiger charge is 2.26. The molecule has 6 heteroatoms. The van der Waals surface area contributed by atoms with Gasteiger partial charge in [-0.1, -0.05) is 0 Å². The molecule has 1 aromatic carbocycles. The molecule has 118 valence electrons. The summed E-state index contributed by atoms with van der Waals surface area (Å²) in [5.41, 5.74) is 1.59. The molecule has 0 saturated heterocycles. The van der Waals surface area contributed by atoms with Crippen molar-refractivity contribution in [3.63, 3.8) is 0 Å². The molecule has 0 N–H and O–H groups in total. The molecule has 0 fully saturated rings. The fraction of sp³-hybridized carbons (Fsp3) is 0.438. The molecule has 2 rings (SSSR count). The average molecular weight is 321 g/mol. The summed E-state index contributed by atoms with van der Waals surface area (Å²) >= 11 is 0. The summed E-state index contributed by atoms with van der Waals surface area (Å²) in [5.74, 6) is 2.41. The summed E-state index contributed by atoms with van der Waals surface area (Å²) in [6.07, 6.45) is 6.09. The van der Waals surface area contributed by atoms with Crippen molar-refractivity contribution < 1.29 is 17.4 Å². The molecule has 0 bridgehead atoms. The summed E-state index contributed by atoms with van der Waals surface area (Å²) in [7, 11) is -3.76. The van der Waals surface area contributed by atoms with Crippen LogP contribution in [0.2, 0.25) is 0 Å². The van der Waals surface area contributed by atoms with Crippen molar-refractivity contribution in [1.29, 1.82) is 0 Å². The predicted octanol–water partition coefficient (Wildman–Crippen LogP) is 2.10. The van der Waals surface area contributed by atoms with Gasteiger partial charge < -0.3 is 4.90 Å². The molecule has 5 nitrogen and oxygen atoms in total. The standard InChI is InChI=1S/C16H19NO4S/c1-4-5-6-16(18)17-10-9-13-11-14(7-8-15(13)17)22(19,20)21-12(2)3/h1,7-8,11-12H,5-6,9-10H2,2-3H3. The van der Waals surface area contributed by atoms with E-state index in [1.54, 1.807) is 30.9 Å². The Morgan fingerprint density at radius 3 is 2.82 bits per heavy atom. The van der Waals surface area contributed by atoms with Crippen molar-refractivity contribution in [2.75, 3.05) is 11.4 Å². The van der Waals surface area contributed by atoms with Gasteiger partial charge in [-0.15, -0.1) is 12.3 Å². The molecule has 1 aliphatic heterocycles. The summed E-state index contributed by atoms with van der Waals surface area (Å²) in [5, 5.41) is 0. The van der Waals surface area contributed by atoms with Crippen LogP contribution in [0.15, 0.2) is 23.1 Å². The number of carbonyl (C=O) groups excluding carboxylic acids is 1. The number of anilines is 1. The monoisotopic (exact) mass is 321 g/mol. The number of hydrogen-bond acceptors (Lipinski definition) is 4. The van der Waals surface area contributed by atoms with Crippen molar-refractivity contribution in [3.05, 3.63) is 23.8 Å². The minimum absolute atomic E-state index is 0.0364. The normalized spacial score (nSPS) is 14.0. The number of carbonyl (C=O) groups is 1. The maximum absolute atomic E-state index is 12.1. The first kappa shape index (κ1) is 16.5. The van der Waals surface area contributed by atoms with Crippen molar-refractivity contribution >= 4 is 21.7 Å². The lowest BCUT2D eigenvalue weighted by Crippen LogP contribution is -2.28. The lowest BCUT2D eigenvalue weighted by molar-refractivity contribution is -0.118. The minimum atomic E-state index is -3.76. The number of fused-ring (bicyclic) bond motifs is 1. The van der Waals surface area contributed by atoms with Gasteiger partial charge in [0.05, 0.1) is 11.0 Å². The van der Waals surface area contributed by atoms with E-state index in [0.29, 0.717) is 25.8 Å². The van der Waals surface area contributed by atoms with Crippen LogP contribution in [0.5, 0.6) is 0 Å². The van der Waals surface area contributed by atoms with Crippen molar-refractivity contribution in [2.24, 2.45) is 0 Å². The minimum Gasteiger partial charge on any atom is -0.312 e. The molecule has 0 unspecified atom stereocenters. The number of benzene rings is 1. The summed E-state index contributed by atoms with van der Waals surface area (Å²) < 4.78 is 29.1. The Morgan fingerprint density at radius 1 is 1.45 bits per heavy atom. The molecular formula is C16H19NO4S. The van der Waals surface area contributed by atoms with Gasteiger partial charge >= 0.3 is 0 Å². The summed E-state index contributed by atoms with van der Waals surface area (Å²) in [6, 6.07) is 4.72. The molecule has 1 aromatic rings. The Bertz CT molecular complexity index is 716. The van der Waals surface area contributed by atoms with Gasteiger partial charge in [-0.3, -0.25) is 8.98 Å². The summed E-state index contributed by atoms with van der Waals surface area (Å²) in [4.78, 5) is 13.9. The van der Waals surface area contributed by atoms with Gasteiger partial charge in [0.2, 0.25) is 5.91 Å². The van der Waals surface area contributed by atoms with Gasteiger partial charge in [-0.2, -0.15) is 8.42 Å². The second-order valence-corrected chi connectivity index (χ2v) is 6.96. The smallest absolute Gasteiger partial charge is 0.297 e. The SMILES string of the molecule is C#CCCC(=O)N1CCc2cc(S(=O)(=O)OC(C)C)ccc21. The van der Waals surface area contributed by atoms with Crippen molar-refractivity contribution in [3.8, 4) is 12.3 Å². The van der Waals surface area contributed by atoms with Gasteiger partial charge in [0.15, 0.2) is 0 Å². The molecule has 1 aliphatic rings. The average Bonchev–Trinajstić information content (AvgIpc) is 2.86. The number of amides is 1. The van der Waals surface area contributed by atoms with E-state index in [2.05, 4.69) is 5.92 Å². The van der Waals surface area contributed by atoms with Crippen LogP contribution in [0.25, 0.3) is 0 Å². The third kappa shape index (κ3) is 3.49. The molecule has 0 atom stereocenters. The van der Waals surface area contributed by atoms with Crippen LogP contribution in [0.4, 0.5) is 5.69 Å². The van der Waals surface area contributed by atoms with E-state index >= 15 is 0 Å². The van der Waals surface area contributed by atoms with Gasteiger partial charge in [-0.05, 0) is 44.0 Å². The third-order valence-electron chi connectivity index (χ3n) is 3.34. The van der Waals surface area contributed by atoms with Crippen LogP contribution >= 0.6 is 0 Å². The largest absolute Gasteiger partial charge is 0.312 e. The molecule has 0 aliphatic carbocycles. The first-order valence-corrected chi connectivity index (χ1v) is 8.56. The molecule has 1 heterocycles. The van der Waals surface area contributed by atoms with E-state index in [0.717, 1.165) is 11.3 Å². The van der Waals surface area contributed by atoms with Crippen LogP contribution in [0.1, 0.15) is 32.3 Å². The molecule has 0 saturated carbocycles. The number of terminal acetylenes is 1. The molecule has 0 aromatic heterocycles. The van der Waals surface area contributed by atoms with Crippen LogP contribution in [-0.2, 0) is 25.5 Å². The van der Waals surface area contributed by atoms with Crippen LogP contribution in [-0.4, -0.2) is 27.0 Å². The Kier molecular flexibility index (Phi) is 4.89. The fourth-order valence-corrected chi connectivity index (χ4v) is 3.55. The topological polar surface area (TPSA) is 63.7 Å². The Labute approximate surface area is 131 Å². The maximum atomic E-state index is 12.1. The number of rotatable bonds is 5. The number of nitrogens with zero attached hydrogens (tertiary/aromatic N) is 1. The second kappa shape index (κ2) is 6.51. The lowest BCUT2D eigenvalue weighted by Gasteiger charge is -2.17.